The summed E-state index contributed by atoms with van der Waals surface area (Å²) in [6.45, 7) is 3.23. The first kappa shape index (κ1) is 32.2. The van der Waals surface area contributed by atoms with Crippen LogP contribution in [-0.4, -0.2) is 63.2 Å². The number of rotatable bonds is 11. The number of nitrogens with zero attached hydrogens (tertiary/aromatic N) is 5. The first-order valence-corrected chi connectivity index (χ1v) is 17.2. The van der Waals surface area contributed by atoms with Crippen molar-refractivity contribution in [1.29, 1.82) is 0 Å². The standard InChI is InChI=1S/C37H43FN6O4/c1-22-28-9-4-3-7-24(28)14-15-43(22)37(46)30-20-31(25-11-12-25)44-33(41-30)21-29(42-44)34-32(48-17-16-47-2)19-27(40-35(34)38)13-10-23-6-5-8-26(18-23)36(39)45/h3-4,7,9,19-23,25-26H,5-6,8,10-18H2,1-2H3,(H2,39,45)/t22-,23?,26?/m1/s1. The quantitative estimate of drug-likeness (QED) is 0.160. The Morgan fingerprint density at radius 3 is 2.69 bits per heavy atom. The molecule has 3 aliphatic rings. The SMILES string of the molecule is COCCOc1cc(CCC2CCCC(C(N)=O)C2)nc(F)c1-c1cc2nc(C(=O)N3CCc4ccccc4[C@H]3C)cc(C3CC3)n2n1. The molecule has 7 rings (SSSR count). The Morgan fingerprint density at radius 1 is 1.06 bits per heavy atom. The molecule has 0 radical (unpaired) electrons. The molecule has 4 heterocycles. The van der Waals surface area contributed by atoms with Crippen molar-refractivity contribution < 1.29 is 23.5 Å². The smallest absolute Gasteiger partial charge is 0.273 e. The molecule has 11 heteroatoms. The van der Waals surface area contributed by atoms with Crippen LogP contribution in [0.1, 0.15) is 96.8 Å². The zero-order chi connectivity index (χ0) is 33.4. The summed E-state index contributed by atoms with van der Waals surface area (Å²) in [7, 11) is 1.59. The van der Waals surface area contributed by atoms with Gasteiger partial charge in [0.1, 0.15) is 23.7 Å². The van der Waals surface area contributed by atoms with Crippen LogP contribution in [0.4, 0.5) is 4.39 Å². The van der Waals surface area contributed by atoms with Crippen LogP contribution in [0.3, 0.4) is 0 Å². The lowest BCUT2D eigenvalue weighted by Crippen LogP contribution is -2.39. The normalized spacial score (nSPS) is 20.9. The largest absolute Gasteiger partial charge is 0.490 e. The van der Waals surface area contributed by atoms with Crippen LogP contribution < -0.4 is 10.5 Å². The lowest BCUT2D eigenvalue weighted by Gasteiger charge is -2.35. The van der Waals surface area contributed by atoms with Gasteiger partial charge in [-0.25, -0.2) is 14.5 Å². The number of amides is 2. The molecule has 0 bridgehead atoms. The van der Waals surface area contributed by atoms with E-state index in [2.05, 4.69) is 24.0 Å². The molecule has 2 saturated carbocycles. The van der Waals surface area contributed by atoms with Crippen molar-refractivity contribution in [2.24, 2.45) is 17.6 Å². The highest BCUT2D eigenvalue weighted by molar-refractivity contribution is 5.93. The summed E-state index contributed by atoms with van der Waals surface area (Å²) in [6.07, 6.45) is 7.71. The number of nitrogens with two attached hydrogens (primary N) is 1. The van der Waals surface area contributed by atoms with Gasteiger partial charge in [-0.15, -0.1) is 0 Å². The maximum absolute atomic E-state index is 16.0. The summed E-state index contributed by atoms with van der Waals surface area (Å²) in [4.78, 5) is 36.8. The van der Waals surface area contributed by atoms with E-state index in [-0.39, 0.29) is 41.9 Å². The molecule has 48 heavy (non-hydrogen) atoms. The van der Waals surface area contributed by atoms with Crippen LogP contribution in [0.15, 0.2) is 42.5 Å². The average molecular weight is 655 g/mol. The molecular formula is C37H43FN6O4. The average Bonchev–Trinajstić information content (AvgIpc) is 3.85. The number of halogens is 1. The number of pyridine rings is 1. The van der Waals surface area contributed by atoms with E-state index in [1.165, 1.54) is 5.56 Å². The lowest BCUT2D eigenvalue weighted by atomic mass is 9.79. The molecular weight excluding hydrogens is 611 g/mol. The molecule has 2 amide bonds. The second kappa shape index (κ2) is 13.6. The van der Waals surface area contributed by atoms with Gasteiger partial charge in [0.15, 0.2) is 5.65 Å². The number of aromatic nitrogens is 4. The van der Waals surface area contributed by atoms with Crippen molar-refractivity contribution in [2.45, 2.75) is 76.7 Å². The van der Waals surface area contributed by atoms with Crippen LogP contribution in [0, 0.1) is 17.8 Å². The Bertz CT molecular complexity index is 1840. The van der Waals surface area contributed by atoms with E-state index >= 15 is 4.39 Å². The maximum Gasteiger partial charge on any atom is 0.273 e. The zero-order valence-electron chi connectivity index (χ0n) is 27.7. The Morgan fingerprint density at radius 2 is 1.90 bits per heavy atom. The molecule has 2 N–H and O–H groups in total. The predicted molar refractivity (Wildman–Crippen MR) is 178 cm³/mol. The molecule has 3 atom stereocenters. The van der Waals surface area contributed by atoms with E-state index in [0.29, 0.717) is 54.0 Å². The molecule has 2 unspecified atom stereocenters. The van der Waals surface area contributed by atoms with Gasteiger partial charge in [-0.3, -0.25) is 9.59 Å². The fourth-order valence-electron chi connectivity index (χ4n) is 7.51. The first-order valence-electron chi connectivity index (χ1n) is 17.2. The predicted octanol–water partition coefficient (Wildman–Crippen LogP) is 5.82. The van der Waals surface area contributed by atoms with Gasteiger partial charge >= 0.3 is 0 Å². The van der Waals surface area contributed by atoms with E-state index in [4.69, 9.17) is 25.3 Å². The van der Waals surface area contributed by atoms with Gasteiger partial charge in [0.2, 0.25) is 11.9 Å². The highest BCUT2D eigenvalue weighted by atomic mass is 19.1. The van der Waals surface area contributed by atoms with E-state index in [0.717, 1.165) is 62.6 Å². The van der Waals surface area contributed by atoms with Gasteiger partial charge in [0.25, 0.3) is 5.91 Å². The summed E-state index contributed by atoms with van der Waals surface area (Å²) in [5, 5.41) is 4.82. The molecule has 2 aliphatic carbocycles. The number of carbonyl (C=O) groups is 2. The minimum atomic E-state index is -0.674. The lowest BCUT2D eigenvalue weighted by molar-refractivity contribution is -0.123. The third-order valence-corrected chi connectivity index (χ3v) is 10.3. The van der Waals surface area contributed by atoms with Gasteiger partial charge in [-0.1, -0.05) is 37.1 Å². The number of methoxy groups -OCH3 is 1. The van der Waals surface area contributed by atoms with Crippen LogP contribution in [0.2, 0.25) is 0 Å². The Kier molecular flexibility index (Phi) is 9.13. The van der Waals surface area contributed by atoms with Crippen molar-refractivity contribution >= 4 is 17.5 Å². The summed E-state index contributed by atoms with van der Waals surface area (Å²) >= 11 is 0. The van der Waals surface area contributed by atoms with E-state index < -0.39 is 5.95 Å². The molecule has 0 spiro atoms. The minimum Gasteiger partial charge on any atom is -0.490 e. The van der Waals surface area contributed by atoms with Gasteiger partial charge in [0.05, 0.1) is 18.2 Å². The van der Waals surface area contributed by atoms with Crippen molar-refractivity contribution in [3.8, 4) is 17.0 Å². The van der Waals surface area contributed by atoms with Crippen LogP contribution in [-0.2, 0) is 22.4 Å². The fourth-order valence-corrected chi connectivity index (χ4v) is 7.51. The van der Waals surface area contributed by atoms with E-state index in [1.807, 2.05) is 23.1 Å². The third kappa shape index (κ3) is 6.52. The number of carbonyl (C=O) groups excluding carboxylic acids is 2. The maximum atomic E-state index is 16.0. The second-order valence-corrected chi connectivity index (χ2v) is 13.6. The molecule has 4 aromatic rings. The van der Waals surface area contributed by atoms with E-state index in [9.17, 15) is 9.59 Å². The van der Waals surface area contributed by atoms with Crippen LogP contribution >= 0.6 is 0 Å². The number of aryl methyl sites for hydroxylation is 1. The van der Waals surface area contributed by atoms with Crippen LogP contribution in [0.5, 0.6) is 5.75 Å². The topological polar surface area (TPSA) is 125 Å². The van der Waals surface area contributed by atoms with Crippen molar-refractivity contribution in [3.05, 3.63) is 76.6 Å². The molecule has 1 aromatic carbocycles. The zero-order valence-corrected chi connectivity index (χ0v) is 27.7. The molecule has 252 valence electrons. The third-order valence-electron chi connectivity index (χ3n) is 10.3. The Hall–Kier alpha value is -4.38. The molecule has 0 saturated heterocycles. The summed E-state index contributed by atoms with van der Waals surface area (Å²) in [5.41, 5.74) is 10.8. The first-order chi connectivity index (χ1) is 23.3. The molecule has 3 aromatic heterocycles. The number of fused-ring (bicyclic) bond motifs is 2. The monoisotopic (exact) mass is 654 g/mol. The second-order valence-electron chi connectivity index (χ2n) is 13.6. The van der Waals surface area contributed by atoms with Gasteiger partial charge in [0, 0.05) is 49.0 Å². The summed E-state index contributed by atoms with van der Waals surface area (Å²) in [5.74, 6) is -0.200. The van der Waals surface area contributed by atoms with Gasteiger partial charge < -0.3 is 20.1 Å². The van der Waals surface area contributed by atoms with Crippen molar-refractivity contribution in [1.82, 2.24) is 24.5 Å². The van der Waals surface area contributed by atoms with Gasteiger partial charge in [-0.2, -0.15) is 9.49 Å². The Labute approximate surface area is 279 Å². The number of benzene rings is 1. The minimum absolute atomic E-state index is 0.0708. The summed E-state index contributed by atoms with van der Waals surface area (Å²) < 4.78 is 29.0. The number of ether oxygens (including phenoxy) is 2. The van der Waals surface area contributed by atoms with Crippen molar-refractivity contribution in [2.75, 3.05) is 26.9 Å². The molecule has 10 nitrogen and oxygen atoms in total. The van der Waals surface area contributed by atoms with Gasteiger partial charge in [-0.05, 0) is 75.0 Å². The Balaban J connectivity index is 1.19. The van der Waals surface area contributed by atoms with Crippen molar-refractivity contribution in [3.63, 3.8) is 0 Å². The fraction of sp³-hybridized carbons (Fsp3) is 0.486. The molecule has 1 aliphatic heterocycles. The number of hydrogen-bond donors (Lipinski definition) is 1. The summed E-state index contributed by atoms with van der Waals surface area (Å²) in [6, 6.07) is 13.6. The van der Waals surface area contributed by atoms with E-state index in [1.54, 1.807) is 23.8 Å². The number of primary amides is 1. The molecule has 2 fully saturated rings. The number of hydrogen-bond acceptors (Lipinski definition) is 7. The highest BCUT2D eigenvalue weighted by Crippen LogP contribution is 2.42. The van der Waals surface area contributed by atoms with Crippen LogP contribution in [0.25, 0.3) is 16.9 Å². The highest BCUT2D eigenvalue weighted by Gasteiger charge is 2.33.